The molecular formula is C15H9NO3S. The summed E-state index contributed by atoms with van der Waals surface area (Å²) in [6.07, 6.45) is 4.58. The zero-order valence-corrected chi connectivity index (χ0v) is 11.1. The van der Waals surface area contributed by atoms with E-state index in [2.05, 4.69) is 0 Å². The number of fused-ring (bicyclic) bond motifs is 2. The van der Waals surface area contributed by atoms with Crippen LogP contribution in [0.5, 0.6) is 0 Å². The Morgan fingerprint density at radius 2 is 1.80 bits per heavy atom. The van der Waals surface area contributed by atoms with Gasteiger partial charge in [0.25, 0.3) is 5.69 Å². The maximum atomic E-state index is 10.8. The molecule has 0 fully saturated rings. The Labute approximate surface area is 119 Å². The lowest BCUT2D eigenvalue weighted by atomic mass is 10.1. The molecule has 0 aliphatic carbocycles. The number of benzene rings is 2. The number of carbonyl (C=O) groups excluding carboxylic acids is 1. The largest absolute Gasteiger partial charge is 0.298 e. The Hall–Kier alpha value is -2.40. The van der Waals surface area contributed by atoms with Crippen molar-refractivity contribution in [3.05, 3.63) is 63.2 Å². The molecule has 2 aromatic rings. The van der Waals surface area contributed by atoms with Gasteiger partial charge in [0.05, 0.1) is 4.92 Å². The maximum Gasteiger partial charge on any atom is 0.270 e. The van der Waals surface area contributed by atoms with Crippen molar-refractivity contribution in [2.75, 3.05) is 0 Å². The number of non-ortho nitro benzene ring substituents is 1. The number of nitro groups is 1. The second-order valence-electron chi connectivity index (χ2n) is 4.33. The first-order valence-corrected chi connectivity index (χ1v) is 6.72. The summed E-state index contributed by atoms with van der Waals surface area (Å²) >= 11 is 1.51. The summed E-state index contributed by atoms with van der Waals surface area (Å²) in [5, 5.41) is 10.8. The van der Waals surface area contributed by atoms with E-state index in [1.165, 1.54) is 17.8 Å². The number of hydrogen-bond acceptors (Lipinski definition) is 4. The van der Waals surface area contributed by atoms with Crippen molar-refractivity contribution in [2.45, 2.75) is 9.79 Å². The van der Waals surface area contributed by atoms with E-state index >= 15 is 0 Å². The summed E-state index contributed by atoms with van der Waals surface area (Å²) < 4.78 is 0. The van der Waals surface area contributed by atoms with Crippen molar-refractivity contribution in [3.8, 4) is 0 Å². The smallest absolute Gasteiger partial charge is 0.270 e. The van der Waals surface area contributed by atoms with Crippen LogP contribution >= 0.6 is 11.8 Å². The van der Waals surface area contributed by atoms with Crippen molar-refractivity contribution in [1.82, 2.24) is 0 Å². The third-order valence-corrected chi connectivity index (χ3v) is 4.21. The molecule has 0 radical (unpaired) electrons. The minimum Gasteiger partial charge on any atom is -0.298 e. The SMILES string of the molecule is O=Cc1ccc2c(c1)Sc1ccc([N+](=O)[O-])cc1C=C2. The Balaban J connectivity index is 2.10. The fourth-order valence-corrected chi connectivity index (χ4v) is 3.09. The lowest BCUT2D eigenvalue weighted by Crippen LogP contribution is -1.89. The fourth-order valence-electron chi connectivity index (χ4n) is 2.02. The average molecular weight is 283 g/mol. The van der Waals surface area contributed by atoms with Gasteiger partial charge in [0.15, 0.2) is 0 Å². The molecule has 5 heteroatoms. The van der Waals surface area contributed by atoms with Crippen LogP contribution < -0.4 is 0 Å². The second-order valence-corrected chi connectivity index (χ2v) is 5.41. The third-order valence-electron chi connectivity index (χ3n) is 3.04. The predicted molar refractivity (Wildman–Crippen MR) is 78.0 cm³/mol. The van der Waals surface area contributed by atoms with Crippen LogP contribution in [0.3, 0.4) is 0 Å². The van der Waals surface area contributed by atoms with E-state index in [0.717, 1.165) is 27.2 Å². The molecule has 0 spiro atoms. The van der Waals surface area contributed by atoms with Gasteiger partial charge in [-0.3, -0.25) is 14.9 Å². The molecule has 3 rings (SSSR count). The molecule has 98 valence electrons. The van der Waals surface area contributed by atoms with Gasteiger partial charge in [-0.25, -0.2) is 0 Å². The molecule has 20 heavy (non-hydrogen) atoms. The number of hydrogen-bond donors (Lipinski definition) is 0. The van der Waals surface area contributed by atoms with Gasteiger partial charge >= 0.3 is 0 Å². The molecule has 0 atom stereocenters. The number of carbonyl (C=O) groups is 1. The molecule has 0 aromatic heterocycles. The highest BCUT2D eigenvalue weighted by Gasteiger charge is 2.14. The molecular weight excluding hydrogens is 274 g/mol. The lowest BCUT2D eigenvalue weighted by Gasteiger charge is -2.06. The Bertz CT molecular complexity index is 753. The van der Waals surface area contributed by atoms with Crippen molar-refractivity contribution in [3.63, 3.8) is 0 Å². The molecule has 0 bridgehead atoms. The average Bonchev–Trinajstić information content (AvgIpc) is 2.64. The highest BCUT2D eigenvalue weighted by atomic mass is 32.2. The fraction of sp³-hybridized carbons (Fsp3) is 0. The lowest BCUT2D eigenvalue weighted by molar-refractivity contribution is -0.384. The van der Waals surface area contributed by atoms with E-state index in [1.54, 1.807) is 18.2 Å². The van der Waals surface area contributed by atoms with E-state index in [9.17, 15) is 14.9 Å². The topological polar surface area (TPSA) is 60.2 Å². The molecule has 2 aromatic carbocycles. The Morgan fingerprint density at radius 3 is 2.55 bits per heavy atom. The van der Waals surface area contributed by atoms with E-state index in [4.69, 9.17) is 0 Å². The zero-order valence-electron chi connectivity index (χ0n) is 10.3. The van der Waals surface area contributed by atoms with E-state index < -0.39 is 4.92 Å². The summed E-state index contributed by atoms with van der Waals surface area (Å²) in [5.41, 5.74) is 2.51. The molecule has 0 saturated heterocycles. The van der Waals surface area contributed by atoms with Gasteiger partial charge in [0.2, 0.25) is 0 Å². The molecule has 1 aliphatic heterocycles. The van der Waals surface area contributed by atoms with Gasteiger partial charge in [0, 0.05) is 27.5 Å². The maximum absolute atomic E-state index is 10.8. The number of aldehydes is 1. The molecule has 0 unspecified atom stereocenters. The standard InChI is InChI=1S/C15H9NO3S/c17-9-10-1-2-11-3-4-12-8-13(16(18)19)5-6-14(12)20-15(11)7-10/h1-9H. The number of nitro benzene ring substituents is 1. The van der Waals surface area contributed by atoms with Crippen LogP contribution in [0.2, 0.25) is 0 Å². The first-order chi connectivity index (χ1) is 9.67. The van der Waals surface area contributed by atoms with Gasteiger partial charge in [-0.05, 0) is 23.3 Å². The Kier molecular flexibility index (Phi) is 3.12. The summed E-state index contributed by atoms with van der Waals surface area (Å²) in [4.78, 5) is 23.2. The van der Waals surface area contributed by atoms with Gasteiger partial charge in [0.1, 0.15) is 6.29 Å². The van der Waals surface area contributed by atoms with Crippen molar-refractivity contribution >= 4 is 35.9 Å². The minimum atomic E-state index is -0.401. The minimum absolute atomic E-state index is 0.0773. The third kappa shape index (κ3) is 2.23. The molecule has 1 aliphatic rings. The highest BCUT2D eigenvalue weighted by molar-refractivity contribution is 7.99. The normalized spacial score (nSPS) is 12.2. The molecule has 0 N–H and O–H groups in total. The van der Waals surface area contributed by atoms with Crippen molar-refractivity contribution in [1.29, 1.82) is 0 Å². The summed E-state index contributed by atoms with van der Waals surface area (Å²) in [6, 6.07) is 10.3. The van der Waals surface area contributed by atoms with Crippen LogP contribution in [0, 0.1) is 10.1 Å². The van der Waals surface area contributed by atoms with Crippen LogP contribution in [-0.4, -0.2) is 11.2 Å². The number of rotatable bonds is 2. The second kappa shape index (κ2) is 4.94. The summed E-state index contributed by atoms with van der Waals surface area (Å²) in [7, 11) is 0. The van der Waals surface area contributed by atoms with Gasteiger partial charge in [-0.15, -0.1) is 0 Å². The monoisotopic (exact) mass is 283 g/mol. The summed E-state index contributed by atoms with van der Waals surface area (Å²) in [6.45, 7) is 0. The van der Waals surface area contributed by atoms with Crippen LogP contribution in [0.25, 0.3) is 12.2 Å². The van der Waals surface area contributed by atoms with Crippen LogP contribution in [0.1, 0.15) is 21.5 Å². The van der Waals surface area contributed by atoms with E-state index in [1.807, 2.05) is 24.3 Å². The molecule has 0 saturated carbocycles. The van der Waals surface area contributed by atoms with Crippen molar-refractivity contribution in [2.24, 2.45) is 0 Å². The van der Waals surface area contributed by atoms with E-state index in [0.29, 0.717) is 5.56 Å². The molecule has 0 amide bonds. The zero-order chi connectivity index (χ0) is 14.1. The van der Waals surface area contributed by atoms with Crippen LogP contribution in [0.15, 0.2) is 46.2 Å². The Morgan fingerprint density at radius 1 is 1.00 bits per heavy atom. The molecule has 4 nitrogen and oxygen atoms in total. The van der Waals surface area contributed by atoms with Gasteiger partial charge < -0.3 is 0 Å². The summed E-state index contributed by atoms with van der Waals surface area (Å²) in [5.74, 6) is 0. The van der Waals surface area contributed by atoms with Crippen LogP contribution in [0.4, 0.5) is 5.69 Å². The number of nitrogens with zero attached hydrogens (tertiary/aromatic N) is 1. The van der Waals surface area contributed by atoms with E-state index in [-0.39, 0.29) is 5.69 Å². The van der Waals surface area contributed by atoms with Crippen LogP contribution in [-0.2, 0) is 0 Å². The molecule has 1 heterocycles. The first kappa shape index (κ1) is 12.6. The predicted octanol–water partition coefficient (Wildman–Crippen LogP) is 4.04. The van der Waals surface area contributed by atoms with Crippen molar-refractivity contribution < 1.29 is 9.72 Å². The highest BCUT2D eigenvalue weighted by Crippen LogP contribution is 2.38. The van der Waals surface area contributed by atoms with Gasteiger partial charge in [-0.2, -0.15) is 0 Å². The first-order valence-electron chi connectivity index (χ1n) is 5.91. The quantitative estimate of drug-likeness (QED) is 0.404. The van der Waals surface area contributed by atoms with Gasteiger partial charge in [-0.1, -0.05) is 36.0 Å².